The Kier molecular flexibility index (Phi) is 8.26. The first-order valence-electron chi connectivity index (χ1n) is 11.7. The van der Waals surface area contributed by atoms with Crippen LogP contribution in [0.3, 0.4) is 0 Å². The average molecular weight is 503 g/mol. The number of hydrogen-bond acceptors (Lipinski definition) is 4. The van der Waals surface area contributed by atoms with Gasteiger partial charge < -0.3 is 15.4 Å². The lowest BCUT2D eigenvalue weighted by molar-refractivity contribution is 0.109. The Morgan fingerprint density at radius 3 is 1.91 bits per heavy atom. The molecule has 4 rings (SSSR count). The number of amides is 1. The van der Waals surface area contributed by atoms with Gasteiger partial charge >= 0.3 is 6.09 Å². The number of ether oxygens (including phenoxy) is 1. The molecule has 1 heterocycles. The van der Waals surface area contributed by atoms with Gasteiger partial charge in [-0.25, -0.2) is 4.79 Å². The van der Waals surface area contributed by atoms with Crippen LogP contribution in [0.4, 0.5) is 4.79 Å². The molecule has 0 spiro atoms. The fourth-order valence-electron chi connectivity index (χ4n) is 4.79. The van der Waals surface area contributed by atoms with Crippen LogP contribution < -0.4 is 5.73 Å². The molecular formula is C29H30N2O2S2. The summed E-state index contributed by atoms with van der Waals surface area (Å²) in [4.78, 5) is 15.1. The highest BCUT2D eigenvalue weighted by atomic mass is 32.2. The molecule has 0 aromatic heterocycles. The van der Waals surface area contributed by atoms with E-state index in [0.717, 1.165) is 6.42 Å². The largest absolute Gasteiger partial charge is 0.445 e. The molecule has 3 aromatic rings. The van der Waals surface area contributed by atoms with Gasteiger partial charge in [-0.1, -0.05) is 116 Å². The third-order valence-corrected chi connectivity index (χ3v) is 8.16. The minimum Gasteiger partial charge on any atom is -0.445 e. The summed E-state index contributed by atoms with van der Waals surface area (Å²) >= 11 is 7.09. The summed E-state index contributed by atoms with van der Waals surface area (Å²) in [5.74, 6) is 0. The van der Waals surface area contributed by atoms with Crippen LogP contribution in [0.1, 0.15) is 29.5 Å². The van der Waals surface area contributed by atoms with Gasteiger partial charge in [0, 0.05) is 24.3 Å². The molecule has 0 bridgehead atoms. The third kappa shape index (κ3) is 5.60. The molecule has 2 N–H and O–H groups in total. The summed E-state index contributed by atoms with van der Waals surface area (Å²) in [5, 5.41) is 0.145. The first kappa shape index (κ1) is 25.0. The number of benzene rings is 3. The van der Waals surface area contributed by atoms with Crippen molar-refractivity contribution in [2.75, 3.05) is 13.2 Å². The van der Waals surface area contributed by atoms with Crippen LogP contribution in [0, 0.1) is 0 Å². The highest BCUT2D eigenvalue weighted by molar-refractivity contribution is 8.01. The molecule has 4 nitrogen and oxygen atoms in total. The molecule has 2 atom stereocenters. The summed E-state index contributed by atoms with van der Waals surface area (Å²) in [6, 6.07) is 31.6. The van der Waals surface area contributed by atoms with Crippen LogP contribution in [0.25, 0.3) is 0 Å². The summed E-state index contributed by atoms with van der Waals surface area (Å²) in [6.45, 7) is 4.38. The zero-order valence-electron chi connectivity index (χ0n) is 19.6. The molecule has 2 unspecified atom stereocenters. The minimum absolute atomic E-state index is 0.0951. The Bertz CT molecular complexity index is 1040. The Balaban J connectivity index is 1.77. The SMILES string of the molecule is C=CCOC(=O)N1CC(SC(c2ccccc2)(c2ccccc2)c2ccccc2)CC1CC(N)=S. The van der Waals surface area contributed by atoms with E-state index in [1.54, 1.807) is 11.0 Å². The van der Waals surface area contributed by atoms with Crippen molar-refractivity contribution in [3.05, 3.63) is 120 Å². The lowest BCUT2D eigenvalue weighted by atomic mass is 9.84. The third-order valence-electron chi connectivity index (χ3n) is 6.26. The van der Waals surface area contributed by atoms with Gasteiger partial charge in [0.25, 0.3) is 0 Å². The normalized spacial score (nSPS) is 17.7. The number of carbonyl (C=O) groups excluding carboxylic acids is 1. The van der Waals surface area contributed by atoms with Crippen LogP contribution in [0.15, 0.2) is 104 Å². The van der Waals surface area contributed by atoms with Gasteiger partial charge in [-0.2, -0.15) is 0 Å². The standard InChI is InChI=1S/C29H30N2O2S2/c1-2-18-33-28(32)31-21-26(19-25(31)20-27(30)34)35-29(22-12-6-3-7-13-22,23-14-8-4-9-15-23)24-16-10-5-11-17-24/h2-17,25-26H,1,18-21H2,(H2,30,34). The van der Waals surface area contributed by atoms with Crippen LogP contribution >= 0.6 is 24.0 Å². The number of likely N-dealkylation sites (tertiary alicyclic amines) is 1. The summed E-state index contributed by atoms with van der Waals surface area (Å²) in [5.41, 5.74) is 9.50. The topological polar surface area (TPSA) is 55.6 Å². The molecule has 1 aliphatic heterocycles. The van der Waals surface area contributed by atoms with E-state index < -0.39 is 4.75 Å². The molecule has 6 heteroatoms. The van der Waals surface area contributed by atoms with E-state index in [2.05, 4.69) is 79.4 Å². The van der Waals surface area contributed by atoms with E-state index in [4.69, 9.17) is 22.7 Å². The lowest BCUT2D eigenvalue weighted by Crippen LogP contribution is -2.38. The van der Waals surface area contributed by atoms with Crippen LogP contribution in [0.2, 0.25) is 0 Å². The second-order valence-corrected chi connectivity index (χ2v) is 10.6. The Morgan fingerprint density at radius 2 is 1.49 bits per heavy atom. The minimum atomic E-state index is -0.455. The Labute approximate surface area is 217 Å². The molecule has 0 aliphatic carbocycles. The highest BCUT2D eigenvalue weighted by Gasteiger charge is 2.44. The quantitative estimate of drug-likeness (QED) is 0.216. The van der Waals surface area contributed by atoms with E-state index in [9.17, 15) is 4.79 Å². The van der Waals surface area contributed by atoms with Crippen LogP contribution in [-0.2, 0) is 9.48 Å². The number of thioether (sulfide) groups is 1. The number of carbonyl (C=O) groups is 1. The molecule has 35 heavy (non-hydrogen) atoms. The zero-order valence-corrected chi connectivity index (χ0v) is 21.2. The van der Waals surface area contributed by atoms with Crippen LogP contribution in [-0.4, -0.2) is 40.4 Å². The molecule has 3 aromatic carbocycles. The van der Waals surface area contributed by atoms with Gasteiger partial charge in [0.1, 0.15) is 6.61 Å². The molecule has 180 valence electrons. The summed E-state index contributed by atoms with van der Waals surface area (Å²) < 4.78 is 4.94. The Hall–Kier alpha value is -3.09. The van der Waals surface area contributed by atoms with Crippen molar-refractivity contribution in [2.45, 2.75) is 28.9 Å². The molecule has 1 aliphatic rings. The first-order chi connectivity index (χ1) is 17.0. The van der Waals surface area contributed by atoms with Crippen molar-refractivity contribution < 1.29 is 9.53 Å². The average Bonchev–Trinajstić information content (AvgIpc) is 3.28. The molecule has 1 amide bonds. The first-order valence-corrected chi connectivity index (χ1v) is 13.0. The number of nitrogens with two attached hydrogens (primary N) is 1. The predicted octanol–water partition coefficient (Wildman–Crippen LogP) is 6.15. The van der Waals surface area contributed by atoms with Crippen molar-refractivity contribution in [3.63, 3.8) is 0 Å². The van der Waals surface area contributed by atoms with E-state index >= 15 is 0 Å². The molecule has 0 saturated carbocycles. The fourth-order valence-corrected chi connectivity index (χ4v) is 6.86. The second kappa shape index (κ2) is 11.6. The maximum Gasteiger partial charge on any atom is 0.410 e. The Morgan fingerprint density at radius 1 is 1.00 bits per heavy atom. The van der Waals surface area contributed by atoms with E-state index in [1.807, 2.05) is 30.0 Å². The molecule has 0 radical (unpaired) electrons. The van der Waals surface area contributed by atoms with Crippen molar-refractivity contribution in [3.8, 4) is 0 Å². The van der Waals surface area contributed by atoms with Gasteiger partial charge in [-0.3, -0.25) is 0 Å². The number of rotatable bonds is 9. The van der Waals surface area contributed by atoms with Crippen LogP contribution in [0.5, 0.6) is 0 Å². The highest BCUT2D eigenvalue weighted by Crippen LogP contribution is 2.52. The van der Waals surface area contributed by atoms with E-state index in [1.165, 1.54) is 16.7 Å². The molecule has 1 saturated heterocycles. The predicted molar refractivity (Wildman–Crippen MR) is 149 cm³/mol. The van der Waals surface area contributed by atoms with Gasteiger partial charge in [-0.15, -0.1) is 11.8 Å². The van der Waals surface area contributed by atoms with Crippen molar-refractivity contribution in [1.29, 1.82) is 0 Å². The number of nitrogens with zero attached hydrogens (tertiary/aromatic N) is 1. The molecule has 1 fully saturated rings. The molecular weight excluding hydrogens is 472 g/mol. The summed E-state index contributed by atoms with van der Waals surface area (Å²) in [7, 11) is 0. The lowest BCUT2D eigenvalue weighted by Gasteiger charge is -2.37. The maximum absolute atomic E-state index is 12.9. The smallest absolute Gasteiger partial charge is 0.410 e. The van der Waals surface area contributed by atoms with E-state index in [-0.39, 0.29) is 24.0 Å². The second-order valence-electron chi connectivity index (χ2n) is 8.60. The number of hydrogen-bond donors (Lipinski definition) is 1. The van der Waals surface area contributed by atoms with Gasteiger partial charge in [-0.05, 0) is 23.1 Å². The number of thiocarbonyl (C=S) groups is 1. The monoisotopic (exact) mass is 502 g/mol. The zero-order chi connectivity index (χ0) is 24.7. The van der Waals surface area contributed by atoms with Crippen molar-refractivity contribution >= 4 is 35.1 Å². The van der Waals surface area contributed by atoms with Crippen molar-refractivity contribution in [1.82, 2.24) is 4.90 Å². The van der Waals surface area contributed by atoms with Gasteiger partial charge in [0.2, 0.25) is 0 Å². The van der Waals surface area contributed by atoms with Gasteiger partial charge in [0.15, 0.2) is 0 Å². The summed E-state index contributed by atoms with van der Waals surface area (Å²) in [6.07, 6.45) is 2.48. The van der Waals surface area contributed by atoms with E-state index in [0.29, 0.717) is 18.0 Å². The van der Waals surface area contributed by atoms with Gasteiger partial charge in [0.05, 0.1) is 9.74 Å². The van der Waals surface area contributed by atoms with Crippen molar-refractivity contribution in [2.24, 2.45) is 5.73 Å². The maximum atomic E-state index is 12.9. The fraction of sp³-hybridized carbons (Fsp3) is 0.241.